The molecule has 0 fully saturated rings. The third kappa shape index (κ3) is 2.29. The standard InChI is InChI=1S/C13H12BN5O/c1-20-12-5-11(16-7-9-3-2-4-15-6-9)19-13(18-12)10(14)8-17-19/h2-6,8,16H,7H2,1H3. The number of ether oxygens (including phenoxy) is 1. The molecule has 0 saturated carbocycles. The summed E-state index contributed by atoms with van der Waals surface area (Å²) in [6, 6.07) is 5.66. The first-order valence-electron chi connectivity index (χ1n) is 6.09. The van der Waals surface area contributed by atoms with E-state index in [-0.39, 0.29) is 0 Å². The van der Waals surface area contributed by atoms with Crippen LogP contribution in [0.15, 0.2) is 36.8 Å². The monoisotopic (exact) mass is 265 g/mol. The molecule has 0 saturated heterocycles. The van der Waals surface area contributed by atoms with E-state index in [1.54, 1.807) is 36.3 Å². The van der Waals surface area contributed by atoms with Crippen LogP contribution in [0.4, 0.5) is 5.82 Å². The number of pyridine rings is 1. The lowest BCUT2D eigenvalue weighted by Crippen LogP contribution is -2.09. The van der Waals surface area contributed by atoms with Crippen molar-refractivity contribution in [2.45, 2.75) is 6.54 Å². The maximum Gasteiger partial charge on any atom is 0.218 e. The summed E-state index contributed by atoms with van der Waals surface area (Å²) in [6.45, 7) is 0.621. The number of hydrogen-bond donors (Lipinski definition) is 1. The quantitative estimate of drug-likeness (QED) is 0.697. The van der Waals surface area contributed by atoms with Crippen molar-refractivity contribution in [1.29, 1.82) is 0 Å². The summed E-state index contributed by atoms with van der Waals surface area (Å²) < 4.78 is 6.83. The van der Waals surface area contributed by atoms with Crippen LogP contribution in [0, 0.1) is 0 Å². The molecule has 1 N–H and O–H groups in total. The maximum atomic E-state index is 5.84. The van der Waals surface area contributed by atoms with Gasteiger partial charge < -0.3 is 10.1 Å². The molecule has 7 heteroatoms. The third-order valence-corrected chi connectivity index (χ3v) is 2.88. The molecule has 0 aromatic carbocycles. The lowest BCUT2D eigenvalue weighted by Gasteiger charge is -2.10. The van der Waals surface area contributed by atoms with E-state index in [4.69, 9.17) is 12.6 Å². The molecule has 0 aliphatic heterocycles. The Balaban J connectivity index is 1.94. The number of methoxy groups -OCH3 is 1. The van der Waals surface area contributed by atoms with Crippen molar-refractivity contribution in [2.24, 2.45) is 0 Å². The molecule has 0 spiro atoms. The Morgan fingerprint density at radius 2 is 2.30 bits per heavy atom. The lowest BCUT2D eigenvalue weighted by atomic mass is 10.0. The Labute approximate surface area is 117 Å². The lowest BCUT2D eigenvalue weighted by molar-refractivity contribution is 0.398. The van der Waals surface area contributed by atoms with Crippen LogP contribution in [0.1, 0.15) is 5.56 Å². The molecular formula is C13H12BN5O. The molecular weight excluding hydrogens is 253 g/mol. The largest absolute Gasteiger partial charge is 0.481 e. The first-order valence-corrected chi connectivity index (χ1v) is 6.09. The van der Waals surface area contributed by atoms with E-state index in [0.29, 0.717) is 23.5 Å². The Morgan fingerprint density at radius 1 is 1.40 bits per heavy atom. The minimum Gasteiger partial charge on any atom is -0.481 e. The van der Waals surface area contributed by atoms with E-state index in [0.717, 1.165) is 11.4 Å². The highest BCUT2D eigenvalue weighted by atomic mass is 16.5. The van der Waals surface area contributed by atoms with Crippen LogP contribution in [-0.2, 0) is 6.54 Å². The summed E-state index contributed by atoms with van der Waals surface area (Å²) >= 11 is 0. The number of nitrogens with zero attached hydrogens (tertiary/aromatic N) is 4. The van der Waals surface area contributed by atoms with Gasteiger partial charge in [0.05, 0.1) is 7.11 Å². The van der Waals surface area contributed by atoms with Crippen LogP contribution in [0.5, 0.6) is 5.88 Å². The minimum atomic E-state index is 0.485. The van der Waals surface area contributed by atoms with Crippen molar-refractivity contribution in [1.82, 2.24) is 19.6 Å². The van der Waals surface area contributed by atoms with E-state index in [1.165, 1.54) is 0 Å². The molecule has 2 radical (unpaired) electrons. The fourth-order valence-electron chi connectivity index (χ4n) is 1.88. The van der Waals surface area contributed by atoms with Gasteiger partial charge in [-0.1, -0.05) is 6.07 Å². The van der Waals surface area contributed by atoms with Gasteiger partial charge in [-0.3, -0.25) is 4.98 Å². The summed E-state index contributed by atoms with van der Waals surface area (Å²) in [7, 11) is 7.40. The van der Waals surface area contributed by atoms with Crippen molar-refractivity contribution in [3.8, 4) is 5.88 Å². The van der Waals surface area contributed by atoms with Gasteiger partial charge in [-0.15, -0.1) is 0 Å². The van der Waals surface area contributed by atoms with E-state index in [1.807, 2.05) is 12.1 Å². The Morgan fingerprint density at radius 3 is 3.05 bits per heavy atom. The zero-order valence-corrected chi connectivity index (χ0v) is 10.9. The van der Waals surface area contributed by atoms with E-state index >= 15 is 0 Å². The Hall–Kier alpha value is -2.57. The molecule has 0 unspecified atom stereocenters. The van der Waals surface area contributed by atoms with Gasteiger partial charge in [-0.25, -0.2) is 0 Å². The second-order valence-corrected chi connectivity index (χ2v) is 4.23. The predicted octanol–water partition coefficient (Wildman–Crippen LogP) is 0.539. The average Bonchev–Trinajstić information content (AvgIpc) is 2.87. The average molecular weight is 265 g/mol. The van der Waals surface area contributed by atoms with Crippen molar-refractivity contribution in [3.05, 3.63) is 42.4 Å². The summed E-state index contributed by atoms with van der Waals surface area (Å²) in [5.41, 5.74) is 2.14. The molecule has 0 aliphatic rings. The summed E-state index contributed by atoms with van der Waals surface area (Å²) in [4.78, 5) is 8.35. The predicted molar refractivity (Wildman–Crippen MR) is 76.5 cm³/mol. The van der Waals surface area contributed by atoms with Crippen molar-refractivity contribution in [3.63, 3.8) is 0 Å². The molecule has 6 nitrogen and oxygen atoms in total. The van der Waals surface area contributed by atoms with Gasteiger partial charge >= 0.3 is 0 Å². The second-order valence-electron chi connectivity index (χ2n) is 4.23. The van der Waals surface area contributed by atoms with E-state index in [2.05, 4.69) is 20.4 Å². The van der Waals surface area contributed by atoms with Crippen molar-refractivity contribution >= 4 is 24.8 Å². The fourth-order valence-corrected chi connectivity index (χ4v) is 1.88. The Bertz CT molecular complexity index is 728. The molecule has 0 aliphatic carbocycles. The second kappa shape index (κ2) is 5.20. The van der Waals surface area contributed by atoms with Gasteiger partial charge in [0.2, 0.25) is 5.88 Å². The minimum absolute atomic E-state index is 0.485. The number of anilines is 1. The zero-order valence-electron chi connectivity index (χ0n) is 10.9. The van der Waals surface area contributed by atoms with Gasteiger partial charge in [-0.05, 0) is 17.1 Å². The molecule has 3 aromatic rings. The molecule has 0 atom stereocenters. The number of hydrogen-bond acceptors (Lipinski definition) is 5. The first kappa shape index (κ1) is 12.5. The molecule has 3 aromatic heterocycles. The number of fused-ring (bicyclic) bond motifs is 1. The molecule has 3 heterocycles. The number of nitrogens with one attached hydrogen (secondary N) is 1. The van der Waals surface area contributed by atoms with Crippen LogP contribution in [0.25, 0.3) is 5.65 Å². The third-order valence-electron chi connectivity index (χ3n) is 2.88. The maximum absolute atomic E-state index is 5.84. The number of aromatic nitrogens is 4. The topological polar surface area (TPSA) is 64.3 Å². The van der Waals surface area contributed by atoms with Crippen LogP contribution in [-0.4, -0.2) is 34.5 Å². The van der Waals surface area contributed by atoms with Gasteiger partial charge in [0.25, 0.3) is 0 Å². The van der Waals surface area contributed by atoms with Gasteiger partial charge in [0, 0.05) is 31.2 Å². The van der Waals surface area contributed by atoms with E-state index < -0.39 is 0 Å². The summed E-state index contributed by atoms with van der Waals surface area (Å²) in [5.74, 6) is 1.24. The van der Waals surface area contributed by atoms with Gasteiger partial charge in [-0.2, -0.15) is 14.6 Å². The highest BCUT2D eigenvalue weighted by Crippen LogP contribution is 2.16. The van der Waals surface area contributed by atoms with Crippen LogP contribution < -0.4 is 15.5 Å². The molecule has 0 bridgehead atoms. The summed E-state index contributed by atoms with van der Waals surface area (Å²) in [5, 5.41) is 7.48. The SMILES string of the molecule is [B]c1cnn2c(NCc3cccnc3)cc(OC)nc12. The normalized spacial score (nSPS) is 10.7. The number of rotatable bonds is 4. The highest BCUT2D eigenvalue weighted by molar-refractivity contribution is 6.36. The van der Waals surface area contributed by atoms with Crippen molar-refractivity contribution in [2.75, 3.05) is 12.4 Å². The van der Waals surface area contributed by atoms with Crippen LogP contribution in [0.2, 0.25) is 0 Å². The zero-order chi connectivity index (χ0) is 13.9. The van der Waals surface area contributed by atoms with Gasteiger partial charge in [0.15, 0.2) is 5.65 Å². The molecule has 3 rings (SSSR count). The fraction of sp³-hybridized carbons (Fsp3) is 0.154. The molecule has 98 valence electrons. The molecule has 20 heavy (non-hydrogen) atoms. The highest BCUT2D eigenvalue weighted by Gasteiger charge is 2.09. The molecule has 0 amide bonds. The van der Waals surface area contributed by atoms with Crippen LogP contribution in [0.3, 0.4) is 0 Å². The van der Waals surface area contributed by atoms with E-state index in [9.17, 15) is 0 Å². The smallest absolute Gasteiger partial charge is 0.218 e. The van der Waals surface area contributed by atoms with Crippen LogP contribution >= 0.6 is 0 Å². The first-order chi connectivity index (χ1) is 9.78. The van der Waals surface area contributed by atoms with Gasteiger partial charge in [0.1, 0.15) is 13.7 Å². The Kier molecular flexibility index (Phi) is 3.24. The summed E-state index contributed by atoms with van der Waals surface area (Å²) in [6.07, 6.45) is 5.11. The van der Waals surface area contributed by atoms with Crippen molar-refractivity contribution < 1.29 is 4.74 Å².